The van der Waals surface area contributed by atoms with Gasteiger partial charge in [0.25, 0.3) is 0 Å². The van der Waals surface area contributed by atoms with Crippen LogP contribution in [0.4, 0.5) is 0 Å². The summed E-state index contributed by atoms with van der Waals surface area (Å²) in [5.41, 5.74) is 3.78. The van der Waals surface area contributed by atoms with Crippen molar-refractivity contribution in [3.8, 4) is 5.75 Å². The molecule has 6 nitrogen and oxygen atoms in total. The second kappa shape index (κ2) is 10.8. The van der Waals surface area contributed by atoms with Gasteiger partial charge in [-0.25, -0.2) is 4.79 Å². The van der Waals surface area contributed by atoms with E-state index in [0.29, 0.717) is 43.1 Å². The van der Waals surface area contributed by atoms with Crippen LogP contribution in [0, 0.1) is 5.92 Å². The third-order valence-corrected chi connectivity index (χ3v) is 6.52. The highest BCUT2D eigenvalue weighted by Gasteiger charge is 2.46. The van der Waals surface area contributed by atoms with Gasteiger partial charge in [-0.2, -0.15) is 0 Å². The molecule has 0 aromatic heterocycles. The molecule has 3 atom stereocenters. The SMILES string of the molecule is CCOc1ccccc1[C@@H]1C(C(=O)OCCOC)=C(C)N=C2C[C@@H](c3ccccc3)CC(=O)C21. The Morgan fingerprint density at radius 3 is 2.47 bits per heavy atom. The Morgan fingerprint density at radius 2 is 1.74 bits per heavy atom. The molecule has 2 aromatic carbocycles. The van der Waals surface area contributed by atoms with E-state index in [1.54, 1.807) is 7.11 Å². The van der Waals surface area contributed by atoms with Crippen LogP contribution in [-0.4, -0.2) is 44.4 Å². The standard InChI is InChI=1S/C28H31NO5/c1-4-33-24-13-9-8-12-21(24)26-25(28(31)34-15-14-32-3)18(2)29-22-16-20(17-23(30)27(22)26)19-10-6-5-7-11-19/h5-13,20,26-27H,4,14-17H2,1-3H3/t20-,26-,27?/m1/s1. The smallest absolute Gasteiger partial charge is 0.336 e. The van der Waals surface area contributed by atoms with Gasteiger partial charge in [-0.3, -0.25) is 9.79 Å². The van der Waals surface area contributed by atoms with Crippen molar-refractivity contribution in [2.75, 3.05) is 26.9 Å². The molecule has 1 heterocycles. The van der Waals surface area contributed by atoms with E-state index in [0.717, 1.165) is 16.8 Å². The Bertz CT molecular complexity index is 1100. The summed E-state index contributed by atoms with van der Waals surface area (Å²) in [4.78, 5) is 31.7. The molecule has 0 N–H and O–H groups in total. The number of ketones is 1. The summed E-state index contributed by atoms with van der Waals surface area (Å²) >= 11 is 0. The second-order valence-corrected chi connectivity index (χ2v) is 8.64. The van der Waals surface area contributed by atoms with E-state index in [4.69, 9.17) is 19.2 Å². The van der Waals surface area contributed by atoms with Crippen LogP contribution in [0.5, 0.6) is 5.75 Å². The van der Waals surface area contributed by atoms with Crippen LogP contribution < -0.4 is 4.74 Å². The van der Waals surface area contributed by atoms with Gasteiger partial charge < -0.3 is 14.2 Å². The molecular formula is C28H31NO5. The topological polar surface area (TPSA) is 74.2 Å². The molecular weight excluding hydrogens is 430 g/mol. The van der Waals surface area contributed by atoms with Crippen LogP contribution in [-0.2, 0) is 19.1 Å². The zero-order valence-electron chi connectivity index (χ0n) is 20.0. The van der Waals surface area contributed by atoms with E-state index in [-0.39, 0.29) is 18.3 Å². The van der Waals surface area contributed by atoms with Gasteiger partial charge in [0, 0.05) is 36.4 Å². The Morgan fingerprint density at radius 1 is 1.00 bits per heavy atom. The molecule has 0 amide bonds. The van der Waals surface area contributed by atoms with Gasteiger partial charge in [0.2, 0.25) is 0 Å². The summed E-state index contributed by atoms with van der Waals surface area (Å²) in [6, 6.07) is 17.7. The number of hydrogen-bond acceptors (Lipinski definition) is 6. The first-order chi connectivity index (χ1) is 16.5. The summed E-state index contributed by atoms with van der Waals surface area (Å²) < 4.78 is 16.4. The maximum atomic E-state index is 13.7. The normalized spacial score (nSPS) is 22.1. The van der Waals surface area contributed by atoms with Crippen molar-refractivity contribution in [3.63, 3.8) is 0 Å². The number of hydrogen-bond donors (Lipinski definition) is 0. The molecule has 0 spiro atoms. The minimum Gasteiger partial charge on any atom is -0.494 e. The van der Waals surface area contributed by atoms with Crippen LogP contribution in [0.1, 0.15) is 49.7 Å². The molecule has 1 aliphatic carbocycles. The lowest BCUT2D eigenvalue weighted by molar-refractivity contribution is -0.140. The van der Waals surface area contributed by atoms with E-state index >= 15 is 0 Å². The van der Waals surface area contributed by atoms with Gasteiger partial charge in [0.05, 0.1) is 24.7 Å². The Balaban J connectivity index is 1.78. The summed E-state index contributed by atoms with van der Waals surface area (Å²) in [5, 5.41) is 0. The number of allylic oxidation sites excluding steroid dienone is 1. The zero-order valence-corrected chi connectivity index (χ0v) is 20.0. The number of esters is 1. The highest BCUT2D eigenvalue weighted by Crippen LogP contribution is 2.48. The van der Waals surface area contributed by atoms with Crippen molar-refractivity contribution < 1.29 is 23.8 Å². The first-order valence-corrected chi connectivity index (χ1v) is 11.8. The third-order valence-electron chi connectivity index (χ3n) is 6.52. The first kappa shape index (κ1) is 23.9. The van der Waals surface area contributed by atoms with Crippen molar-refractivity contribution in [1.82, 2.24) is 0 Å². The second-order valence-electron chi connectivity index (χ2n) is 8.64. The number of carbonyl (C=O) groups excluding carboxylic acids is 2. The summed E-state index contributed by atoms with van der Waals surface area (Å²) in [6.07, 6.45) is 1.09. The van der Waals surface area contributed by atoms with Crippen molar-refractivity contribution in [1.29, 1.82) is 0 Å². The Hall–Kier alpha value is -3.25. The number of ether oxygens (including phenoxy) is 3. The molecule has 34 heavy (non-hydrogen) atoms. The number of aliphatic imine (C=N–C) groups is 1. The molecule has 1 fully saturated rings. The minimum absolute atomic E-state index is 0.0782. The molecule has 1 aliphatic heterocycles. The van der Waals surface area contributed by atoms with E-state index < -0.39 is 17.8 Å². The van der Waals surface area contributed by atoms with Crippen LogP contribution in [0.25, 0.3) is 0 Å². The van der Waals surface area contributed by atoms with Gasteiger partial charge in [-0.1, -0.05) is 48.5 Å². The molecule has 1 unspecified atom stereocenters. The van der Waals surface area contributed by atoms with Crippen LogP contribution in [0.15, 0.2) is 70.9 Å². The number of benzene rings is 2. The molecule has 6 heteroatoms. The number of fused-ring (bicyclic) bond motifs is 1. The number of nitrogens with zero attached hydrogens (tertiary/aromatic N) is 1. The van der Waals surface area contributed by atoms with Crippen molar-refractivity contribution in [2.45, 2.75) is 38.5 Å². The Kier molecular flexibility index (Phi) is 7.58. The molecule has 2 aliphatic rings. The van der Waals surface area contributed by atoms with Crippen molar-refractivity contribution in [2.24, 2.45) is 10.9 Å². The number of methoxy groups -OCH3 is 1. The summed E-state index contributed by atoms with van der Waals surface area (Å²) in [6.45, 7) is 4.66. The van der Waals surface area contributed by atoms with Crippen LogP contribution in [0.2, 0.25) is 0 Å². The molecule has 0 saturated heterocycles. The Labute approximate surface area is 200 Å². The molecule has 0 radical (unpaired) electrons. The first-order valence-electron chi connectivity index (χ1n) is 11.8. The number of carbonyl (C=O) groups is 2. The monoisotopic (exact) mass is 461 g/mol. The molecule has 1 saturated carbocycles. The summed E-state index contributed by atoms with van der Waals surface area (Å²) in [7, 11) is 1.56. The number of rotatable bonds is 8. The third kappa shape index (κ3) is 4.82. The van der Waals surface area contributed by atoms with Crippen LogP contribution >= 0.6 is 0 Å². The number of Topliss-reactive ketones (excluding diaryl/α,β-unsaturated/α-hetero) is 1. The fourth-order valence-corrected chi connectivity index (χ4v) is 5.06. The van der Waals surface area contributed by atoms with E-state index in [2.05, 4.69) is 12.1 Å². The fraction of sp³-hybridized carbons (Fsp3) is 0.393. The predicted octanol–water partition coefficient (Wildman–Crippen LogP) is 4.85. The average Bonchev–Trinajstić information content (AvgIpc) is 2.84. The summed E-state index contributed by atoms with van der Waals surface area (Å²) in [5.74, 6) is -0.653. The molecule has 178 valence electrons. The zero-order chi connectivity index (χ0) is 24.1. The number of para-hydroxylation sites is 1. The van der Waals surface area contributed by atoms with Gasteiger partial charge in [0.1, 0.15) is 18.1 Å². The molecule has 2 aromatic rings. The highest BCUT2D eigenvalue weighted by atomic mass is 16.6. The van der Waals surface area contributed by atoms with E-state index in [1.807, 2.05) is 56.3 Å². The lowest BCUT2D eigenvalue weighted by Crippen LogP contribution is -2.41. The van der Waals surface area contributed by atoms with Gasteiger partial charge in [-0.15, -0.1) is 0 Å². The van der Waals surface area contributed by atoms with Crippen LogP contribution in [0.3, 0.4) is 0 Å². The van der Waals surface area contributed by atoms with Gasteiger partial charge in [-0.05, 0) is 37.8 Å². The van der Waals surface area contributed by atoms with Crippen molar-refractivity contribution in [3.05, 3.63) is 77.0 Å². The van der Waals surface area contributed by atoms with E-state index in [9.17, 15) is 9.59 Å². The maximum absolute atomic E-state index is 13.7. The molecule has 4 rings (SSSR count). The lowest BCUT2D eigenvalue weighted by Gasteiger charge is -2.38. The largest absolute Gasteiger partial charge is 0.494 e. The average molecular weight is 462 g/mol. The van der Waals surface area contributed by atoms with E-state index in [1.165, 1.54) is 0 Å². The predicted molar refractivity (Wildman–Crippen MR) is 130 cm³/mol. The lowest BCUT2D eigenvalue weighted by atomic mass is 9.66. The van der Waals surface area contributed by atoms with Gasteiger partial charge >= 0.3 is 5.97 Å². The van der Waals surface area contributed by atoms with Gasteiger partial charge in [0.15, 0.2) is 0 Å². The highest BCUT2D eigenvalue weighted by molar-refractivity contribution is 6.12. The van der Waals surface area contributed by atoms with Crippen molar-refractivity contribution >= 4 is 17.5 Å². The quantitative estimate of drug-likeness (QED) is 0.415. The maximum Gasteiger partial charge on any atom is 0.336 e. The minimum atomic E-state index is -0.518. The fourth-order valence-electron chi connectivity index (χ4n) is 5.06. The molecule has 0 bridgehead atoms.